The van der Waals surface area contributed by atoms with Crippen molar-refractivity contribution in [3.8, 4) is 0 Å². The van der Waals surface area contributed by atoms with Gasteiger partial charge in [-0.05, 0) is 52.9 Å². The number of hydrogen-bond acceptors (Lipinski definition) is 7. The van der Waals surface area contributed by atoms with E-state index in [1.165, 1.54) is 11.1 Å². The summed E-state index contributed by atoms with van der Waals surface area (Å²) in [6.45, 7) is 2.18. The Morgan fingerprint density at radius 2 is 1.33 bits per heavy atom. The quantitative estimate of drug-likeness (QED) is 0.0824. The summed E-state index contributed by atoms with van der Waals surface area (Å²) >= 11 is 0. The van der Waals surface area contributed by atoms with Gasteiger partial charge in [-0.2, -0.15) is 0 Å². The first kappa shape index (κ1) is 36.5. The molecule has 1 fully saturated rings. The molecule has 0 saturated carbocycles. The fraction of sp³-hybridized carbons (Fsp3) is 0.256. The number of nitrogens with zero attached hydrogens (tertiary/aromatic N) is 1. The summed E-state index contributed by atoms with van der Waals surface area (Å²) in [7, 11) is 0. The number of carbonyl (C=O) groups excluding carboxylic acids is 2. The molecule has 2 amide bonds. The Morgan fingerprint density at radius 1 is 0.692 bits per heavy atom. The first-order chi connectivity index (χ1) is 25.4. The van der Waals surface area contributed by atoms with E-state index in [1.807, 2.05) is 60.7 Å². The molecule has 0 unspecified atom stereocenters. The molecule has 1 saturated heterocycles. The third-order valence-corrected chi connectivity index (χ3v) is 9.06. The maximum atomic E-state index is 12.9. The van der Waals surface area contributed by atoms with E-state index in [1.54, 1.807) is 24.3 Å². The molecule has 9 heteroatoms. The number of nitrogens with two attached hydrogens (primary N) is 1. The van der Waals surface area contributed by atoms with Crippen LogP contribution in [0.25, 0.3) is 0 Å². The predicted molar refractivity (Wildman–Crippen MR) is 204 cm³/mol. The monoisotopic (exact) mass is 698 g/mol. The standard InChI is InChI=1S/C43H46N4O5/c44-38-17-7-8-18-39(38)46-42(50)20-10-19-41(49)45-36-16-9-15-35(25-36)43-51-37(26-40(52-43)34-23-21-33(30-48)22-24-34)29-47(27-31-11-3-1-4-12-31)28-32-13-5-2-6-14-32/h1-9,11-18,21-25,37,40,43,48H,10,19-20,26-30,44H2,(H,45,49)(H,46,50)/t37-,40+,43+/m1/s1. The number of nitrogen functional groups attached to an aromatic ring is 1. The lowest BCUT2D eigenvalue weighted by Gasteiger charge is -2.38. The zero-order valence-electron chi connectivity index (χ0n) is 29.2. The Morgan fingerprint density at radius 3 is 1.98 bits per heavy atom. The molecule has 52 heavy (non-hydrogen) atoms. The molecule has 3 atom stereocenters. The van der Waals surface area contributed by atoms with Crippen molar-refractivity contribution in [3.63, 3.8) is 0 Å². The smallest absolute Gasteiger partial charge is 0.224 e. The SMILES string of the molecule is Nc1ccccc1NC(=O)CCCC(=O)Nc1cccc([C@H]2O[C@@H](CN(Cc3ccccc3)Cc3ccccc3)C[C@@H](c3ccc(CO)cc3)O2)c1. The summed E-state index contributed by atoms with van der Waals surface area (Å²) in [5, 5.41) is 15.4. The number of rotatable bonds is 15. The van der Waals surface area contributed by atoms with Gasteiger partial charge in [0.1, 0.15) is 0 Å². The van der Waals surface area contributed by atoms with Crippen molar-refractivity contribution in [1.29, 1.82) is 0 Å². The predicted octanol–water partition coefficient (Wildman–Crippen LogP) is 7.76. The molecule has 9 nitrogen and oxygen atoms in total. The van der Waals surface area contributed by atoms with Gasteiger partial charge in [-0.1, -0.05) is 109 Å². The van der Waals surface area contributed by atoms with E-state index in [4.69, 9.17) is 15.2 Å². The summed E-state index contributed by atoms with van der Waals surface area (Å²) in [5.74, 6) is -0.382. The first-order valence-electron chi connectivity index (χ1n) is 17.8. The summed E-state index contributed by atoms with van der Waals surface area (Å²) in [6.07, 6.45) is 0.328. The zero-order valence-corrected chi connectivity index (χ0v) is 29.2. The minimum Gasteiger partial charge on any atom is -0.397 e. The minimum absolute atomic E-state index is 0.0252. The van der Waals surface area contributed by atoms with Crippen LogP contribution in [-0.2, 0) is 38.8 Å². The molecule has 0 aliphatic carbocycles. The number of hydrogen-bond donors (Lipinski definition) is 4. The highest BCUT2D eigenvalue weighted by Gasteiger charge is 2.33. The summed E-state index contributed by atoms with van der Waals surface area (Å²) in [4.78, 5) is 27.7. The Kier molecular flexibility index (Phi) is 12.8. The lowest BCUT2D eigenvalue weighted by molar-refractivity contribution is -0.253. The summed E-state index contributed by atoms with van der Waals surface area (Å²) in [5.41, 5.74) is 12.7. The Balaban J connectivity index is 1.14. The molecule has 1 heterocycles. The van der Waals surface area contributed by atoms with Crippen LogP contribution in [-0.4, -0.2) is 34.5 Å². The van der Waals surface area contributed by atoms with E-state index in [0.29, 0.717) is 36.4 Å². The third kappa shape index (κ3) is 10.6. The number of aliphatic hydroxyl groups excluding tert-OH is 1. The molecule has 5 aromatic carbocycles. The second-order valence-corrected chi connectivity index (χ2v) is 13.2. The van der Waals surface area contributed by atoms with E-state index in [0.717, 1.165) is 29.8 Å². The lowest BCUT2D eigenvalue weighted by atomic mass is 9.99. The van der Waals surface area contributed by atoms with Gasteiger partial charge < -0.3 is 30.9 Å². The minimum atomic E-state index is -0.678. The third-order valence-electron chi connectivity index (χ3n) is 9.06. The maximum absolute atomic E-state index is 12.9. The number of amides is 2. The van der Waals surface area contributed by atoms with E-state index in [-0.39, 0.29) is 43.5 Å². The second kappa shape index (κ2) is 18.3. The van der Waals surface area contributed by atoms with Crippen molar-refractivity contribution in [2.24, 2.45) is 0 Å². The Bertz CT molecular complexity index is 1850. The number of aliphatic hydroxyl groups is 1. The van der Waals surface area contributed by atoms with Crippen molar-refractivity contribution >= 4 is 28.9 Å². The number of para-hydroxylation sites is 2. The number of benzene rings is 5. The van der Waals surface area contributed by atoms with Crippen molar-refractivity contribution in [3.05, 3.63) is 161 Å². The fourth-order valence-electron chi connectivity index (χ4n) is 6.41. The van der Waals surface area contributed by atoms with Gasteiger partial charge in [0.15, 0.2) is 6.29 Å². The number of anilines is 3. The van der Waals surface area contributed by atoms with Gasteiger partial charge >= 0.3 is 0 Å². The lowest BCUT2D eigenvalue weighted by Crippen LogP contribution is -2.39. The van der Waals surface area contributed by atoms with E-state index < -0.39 is 6.29 Å². The largest absolute Gasteiger partial charge is 0.397 e. The van der Waals surface area contributed by atoms with Gasteiger partial charge in [0.05, 0.1) is 30.2 Å². The van der Waals surface area contributed by atoms with E-state index >= 15 is 0 Å². The maximum Gasteiger partial charge on any atom is 0.224 e. The van der Waals surface area contributed by atoms with Crippen LogP contribution < -0.4 is 16.4 Å². The highest BCUT2D eigenvalue weighted by molar-refractivity contribution is 5.94. The first-order valence-corrected chi connectivity index (χ1v) is 17.8. The number of nitrogens with one attached hydrogen (secondary N) is 2. The molecule has 0 bridgehead atoms. The molecule has 268 valence electrons. The van der Waals surface area contributed by atoms with Crippen LogP contribution in [0.5, 0.6) is 0 Å². The van der Waals surface area contributed by atoms with E-state index in [9.17, 15) is 14.7 Å². The van der Waals surface area contributed by atoms with Crippen molar-refractivity contribution in [1.82, 2.24) is 4.90 Å². The van der Waals surface area contributed by atoms with Gasteiger partial charge in [0, 0.05) is 50.1 Å². The molecule has 5 aromatic rings. The van der Waals surface area contributed by atoms with Crippen molar-refractivity contribution < 1.29 is 24.2 Å². The Hall–Kier alpha value is -5.32. The van der Waals surface area contributed by atoms with Crippen LogP contribution >= 0.6 is 0 Å². The normalized spacial score (nSPS) is 17.1. The molecule has 1 aliphatic rings. The zero-order chi connectivity index (χ0) is 36.1. The van der Waals surface area contributed by atoms with Crippen molar-refractivity contribution in [2.75, 3.05) is 22.9 Å². The molecule has 1 aliphatic heterocycles. The average Bonchev–Trinajstić information content (AvgIpc) is 3.16. The highest BCUT2D eigenvalue weighted by atomic mass is 16.7. The molecule has 5 N–H and O–H groups in total. The van der Waals surface area contributed by atoms with Crippen LogP contribution in [0.3, 0.4) is 0 Å². The average molecular weight is 699 g/mol. The van der Waals surface area contributed by atoms with Crippen molar-refractivity contribution in [2.45, 2.75) is 63.9 Å². The molecule has 0 aromatic heterocycles. The Labute approximate surface area is 305 Å². The van der Waals surface area contributed by atoms with Gasteiger partial charge in [-0.25, -0.2) is 0 Å². The highest BCUT2D eigenvalue weighted by Crippen LogP contribution is 2.39. The van der Waals surface area contributed by atoms with E-state index in [2.05, 4.69) is 64.1 Å². The van der Waals surface area contributed by atoms with Crippen LogP contribution in [0.4, 0.5) is 17.1 Å². The molecule has 6 rings (SSSR count). The van der Waals surface area contributed by atoms with Gasteiger partial charge in [0.2, 0.25) is 11.8 Å². The van der Waals surface area contributed by atoms with Crippen LogP contribution in [0.15, 0.2) is 133 Å². The second-order valence-electron chi connectivity index (χ2n) is 13.2. The van der Waals surface area contributed by atoms with Crippen LogP contribution in [0.2, 0.25) is 0 Å². The summed E-state index contributed by atoms with van der Waals surface area (Å²) < 4.78 is 13.3. The topological polar surface area (TPSA) is 126 Å². The van der Waals surface area contributed by atoms with Gasteiger partial charge in [-0.15, -0.1) is 0 Å². The van der Waals surface area contributed by atoms with Gasteiger partial charge in [-0.3, -0.25) is 14.5 Å². The molecular weight excluding hydrogens is 652 g/mol. The number of carbonyl (C=O) groups is 2. The number of ether oxygens (including phenoxy) is 2. The summed E-state index contributed by atoms with van der Waals surface area (Å²) in [6, 6.07) is 43.4. The molecule has 0 radical (unpaired) electrons. The van der Waals surface area contributed by atoms with Crippen LogP contribution in [0, 0.1) is 0 Å². The van der Waals surface area contributed by atoms with Gasteiger partial charge in [0.25, 0.3) is 0 Å². The fourth-order valence-corrected chi connectivity index (χ4v) is 6.41. The van der Waals surface area contributed by atoms with Crippen LogP contribution in [0.1, 0.15) is 65.9 Å². The molecule has 0 spiro atoms. The molecular formula is C43H46N4O5.